The van der Waals surface area contributed by atoms with Crippen molar-refractivity contribution < 1.29 is 0 Å². The predicted molar refractivity (Wildman–Crippen MR) is 50.3 cm³/mol. The Bertz CT molecular complexity index is 59.0. The number of likely N-dealkylation sites (N-methyl/N-ethyl adjacent to an activating group) is 1. The van der Waals surface area contributed by atoms with Crippen LogP contribution in [-0.4, -0.2) is 30.6 Å². The Labute approximate surface area is 70.9 Å². The van der Waals surface area contributed by atoms with Gasteiger partial charge in [-0.3, -0.25) is 0 Å². The van der Waals surface area contributed by atoms with Crippen molar-refractivity contribution >= 4 is 22.6 Å². The molecule has 0 aromatic rings. The van der Waals surface area contributed by atoms with E-state index in [4.69, 9.17) is 0 Å². The SMILES string of the molecule is CNCC(C)NCCI. The Balaban J connectivity index is 2.95. The largest absolute Gasteiger partial charge is 0.318 e. The van der Waals surface area contributed by atoms with E-state index in [9.17, 15) is 0 Å². The number of nitrogens with one attached hydrogen (secondary N) is 2. The van der Waals surface area contributed by atoms with Gasteiger partial charge in [0.2, 0.25) is 0 Å². The number of alkyl halides is 1. The molecule has 0 aliphatic heterocycles. The van der Waals surface area contributed by atoms with Crippen molar-refractivity contribution in [2.75, 3.05) is 24.6 Å². The van der Waals surface area contributed by atoms with Crippen molar-refractivity contribution in [1.82, 2.24) is 10.6 Å². The first-order chi connectivity index (χ1) is 4.31. The molecular weight excluding hydrogens is 227 g/mol. The van der Waals surface area contributed by atoms with Crippen molar-refractivity contribution in [2.45, 2.75) is 13.0 Å². The van der Waals surface area contributed by atoms with Crippen LogP contribution in [0, 0.1) is 0 Å². The van der Waals surface area contributed by atoms with Crippen LogP contribution in [-0.2, 0) is 0 Å². The highest BCUT2D eigenvalue weighted by Gasteiger charge is 1.95. The van der Waals surface area contributed by atoms with Gasteiger partial charge in [-0.15, -0.1) is 0 Å². The molecule has 0 aliphatic rings. The van der Waals surface area contributed by atoms with E-state index in [0.29, 0.717) is 6.04 Å². The summed E-state index contributed by atoms with van der Waals surface area (Å²) in [5.74, 6) is 0. The van der Waals surface area contributed by atoms with E-state index in [1.165, 1.54) is 4.43 Å². The summed E-state index contributed by atoms with van der Waals surface area (Å²) >= 11 is 2.37. The second kappa shape index (κ2) is 6.77. The molecular formula is C6H15IN2. The summed E-state index contributed by atoms with van der Waals surface area (Å²) in [5, 5.41) is 6.47. The molecule has 9 heavy (non-hydrogen) atoms. The maximum atomic E-state index is 3.36. The summed E-state index contributed by atoms with van der Waals surface area (Å²) in [6, 6.07) is 0.602. The van der Waals surface area contributed by atoms with Gasteiger partial charge in [0.15, 0.2) is 0 Å². The summed E-state index contributed by atoms with van der Waals surface area (Å²) in [6.45, 7) is 4.35. The molecule has 0 aromatic heterocycles. The number of hydrogen-bond acceptors (Lipinski definition) is 2. The molecule has 0 saturated carbocycles. The first-order valence-corrected chi connectivity index (χ1v) is 4.77. The van der Waals surface area contributed by atoms with Gasteiger partial charge < -0.3 is 10.6 Å². The van der Waals surface area contributed by atoms with Crippen LogP contribution in [0.1, 0.15) is 6.92 Å². The van der Waals surface area contributed by atoms with Gasteiger partial charge in [-0.1, -0.05) is 22.6 Å². The van der Waals surface area contributed by atoms with E-state index >= 15 is 0 Å². The summed E-state index contributed by atoms with van der Waals surface area (Å²) in [4.78, 5) is 0. The van der Waals surface area contributed by atoms with Crippen LogP contribution in [0.4, 0.5) is 0 Å². The Morgan fingerprint density at radius 1 is 1.56 bits per heavy atom. The first-order valence-electron chi connectivity index (χ1n) is 3.25. The van der Waals surface area contributed by atoms with Crippen LogP contribution in [0.3, 0.4) is 0 Å². The lowest BCUT2D eigenvalue weighted by Crippen LogP contribution is -2.35. The topological polar surface area (TPSA) is 24.1 Å². The van der Waals surface area contributed by atoms with Crippen molar-refractivity contribution in [3.8, 4) is 0 Å². The summed E-state index contributed by atoms with van der Waals surface area (Å²) < 4.78 is 1.19. The molecule has 0 aliphatic carbocycles. The predicted octanol–water partition coefficient (Wildman–Crippen LogP) is 0.619. The van der Waals surface area contributed by atoms with Gasteiger partial charge in [0.25, 0.3) is 0 Å². The molecule has 0 saturated heterocycles. The lowest BCUT2D eigenvalue weighted by atomic mass is 10.3. The van der Waals surface area contributed by atoms with Crippen LogP contribution in [0.15, 0.2) is 0 Å². The molecule has 0 radical (unpaired) electrons. The molecule has 3 heteroatoms. The highest BCUT2D eigenvalue weighted by atomic mass is 127. The standard InChI is InChI=1S/C6H15IN2/c1-6(5-8-2)9-4-3-7/h6,8-9H,3-5H2,1-2H3. The normalized spacial score (nSPS) is 13.7. The molecule has 0 heterocycles. The Morgan fingerprint density at radius 2 is 2.22 bits per heavy atom. The van der Waals surface area contributed by atoms with Gasteiger partial charge in [-0.25, -0.2) is 0 Å². The molecule has 0 amide bonds. The molecule has 1 atom stereocenters. The van der Waals surface area contributed by atoms with Crippen LogP contribution >= 0.6 is 22.6 Å². The second-order valence-corrected chi connectivity index (χ2v) is 3.18. The number of rotatable bonds is 5. The molecule has 0 fully saturated rings. The molecule has 0 rings (SSSR count). The molecule has 1 unspecified atom stereocenters. The molecule has 2 nitrogen and oxygen atoms in total. The molecule has 0 aromatic carbocycles. The van der Waals surface area contributed by atoms with Crippen LogP contribution < -0.4 is 10.6 Å². The zero-order chi connectivity index (χ0) is 7.11. The number of halogens is 1. The van der Waals surface area contributed by atoms with E-state index < -0.39 is 0 Å². The Hall–Kier alpha value is 0.650. The quantitative estimate of drug-likeness (QED) is 0.545. The number of hydrogen-bond donors (Lipinski definition) is 2. The minimum Gasteiger partial charge on any atom is -0.318 e. The summed E-state index contributed by atoms with van der Waals surface area (Å²) in [6.07, 6.45) is 0. The fraction of sp³-hybridized carbons (Fsp3) is 1.00. The highest BCUT2D eigenvalue weighted by molar-refractivity contribution is 14.1. The lowest BCUT2D eigenvalue weighted by molar-refractivity contribution is 0.543. The van der Waals surface area contributed by atoms with E-state index in [1.807, 2.05) is 7.05 Å². The fourth-order valence-electron chi connectivity index (χ4n) is 0.679. The fourth-order valence-corrected chi connectivity index (χ4v) is 0.991. The first kappa shape index (κ1) is 9.65. The third-order valence-electron chi connectivity index (χ3n) is 1.10. The minimum atomic E-state index is 0.602. The van der Waals surface area contributed by atoms with E-state index in [1.54, 1.807) is 0 Å². The second-order valence-electron chi connectivity index (χ2n) is 2.10. The van der Waals surface area contributed by atoms with Gasteiger partial charge in [0.05, 0.1) is 0 Å². The third-order valence-corrected chi connectivity index (χ3v) is 1.64. The third kappa shape index (κ3) is 6.54. The van der Waals surface area contributed by atoms with Gasteiger partial charge in [0, 0.05) is 23.6 Å². The van der Waals surface area contributed by atoms with Crippen molar-refractivity contribution in [3.05, 3.63) is 0 Å². The van der Waals surface area contributed by atoms with Gasteiger partial charge in [-0.05, 0) is 14.0 Å². The average molecular weight is 242 g/mol. The van der Waals surface area contributed by atoms with Gasteiger partial charge in [0.1, 0.15) is 0 Å². The maximum absolute atomic E-state index is 3.36. The minimum absolute atomic E-state index is 0.602. The van der Waals surface area contributed by atoms with Crippen LogP contribution in [0.25, 0.3) is 0 Å². The summed E-state index contributed by atoms with van der Waals surface area (Å²) in [5.41, 5.74) is 0. The van der Waals surface area contributed by atoms with Crippen LogP contribution in [0.2, 0.25) is 0 Å². The smallest absolute Gasteiger partial charge is 0.0164 e. The molecule has 2 N–H and O–H groups in total. The van der Waals surface area contributed by atoms with E-state index in [-0.39, 0.29) is 0 Å². The maximum Gasteiger partial charge on any atom is 0.0164 e. The lowest BCUT2D eigenvalue weighted by Gasteiger charge is -2.10. The zero-order valence-electron chi connectivity index (χ0n) is 6.08. The summed E-state index contributed by atoms with van der Waals surface area (Å²) in [7, 11) is 1.97. The van der Waals surface area contributed by atoms with E-state index in [0.717, 1.165) is 13.1 Å². The van der Waals surface area contributed by atoms with Gasteiger partial charge >= 0.3 is 0 Å². The van der Waals surface area contributed by atoms with E-state index in [2.05, 4.69) is 40.1 Å². The monoisotopic (exact) mass is 242 g/mol. The zero-order valence-corrected chi connectivity index (χ0v) is 8.23. The molecule has 0 spiro atoms. The molecule has 0 bridgehead atoms. The Kier molecular flexibility index (Phi) is 7.25. The van der Waals surface area contributed by atoms with Crippen molar-refractivity contribution in [2.24, 2.45) is 0 Å². The van der Waals surface area contributed by atoms with Crippen LogP contribution in [0.5, 0.6) is 0 Å². The van der Waals surface area contributed by atoms with Gasteiger partial charge in [-0.2, -0.15) is 0 Å². The average Bonchev–Trinajstić information content (AvgIpc) is 1.85. The van der Waals surface area contributed by atoms with Crippen molar-refractivity contribution in [3.63, 3.8) is 0 Å². The molecule has 56 valence electrons. The van der Waals surface area contributed by atoms with Crippen molar-refractivity contribution in [1.29, 1.82) is 0 Å². The highest BCUT2D eigenvalue weighted by Crippen LogP contribution is 1.80. The Morgan fingerprint density at radius 3 is 2.67 bits per heavy atom.